The van der Waals surface area contributed by atoms with Gasteiger partial charge in [0.1, 0.15) is 5.54 Å². The number of hydrogen-bond acceptors (Lipinski definition) is 4. The number of halogens is 3. The maximum absolute atomic E-state index is 12.5. The molecule has 1 amide bonds. The highest BCUT2D eigenvalue weighted by Crippen LogP contribution is 2.23. The van der Waals surface area contributed by atoms with E-state index in [0.29, 0.717) is 24.9 Å². The Balaban J connectivity index is 0.00000338. The van der Waals surface area contributed by atoms with Crippen molar-refractivity contribution in [2.24, 2.45) is 11.7 Å². The summed E-state index contributed by atoms with van der Waals surface area (Å²) in [6.45, 7) is 2.02. The Bertz CT molecular complexity index is 694. The van der Waals surface area contributed by atoms with Gasteiger partial charge in [0, 0.05) is 19.6 Å². The van der Waals surface area contributed by atoms with Crippen LogP contribution >= 0.6 is 12.4 Å². The number of piperidine rings is 1. The third-order valence-corrected chi connectivity index (χ3v) is 6.09. The first-order valence-corrected chi connectivity index (χ1v) is 9.56. The molecule has 1 aliphatic heterocycles. The van der Waals surface area contributed by atoms with E-state index in [9.17, 15) is 22.0 Å². The third kappa shape index (κ3) is 5.12. The Morgan fingerprint density at radius 1 is 1.31 bits per heavy atom. The molecule has 1 fully saturated rings. The maximum Gasteiger partial charge on any atom is 0.350 e. The maximum atomic E-state index is 12.5. The summed E-state index contributed by atoms with van der Waals surface area (Å²) in [5.41, 5.74) is 5.63. The van der Waals surface area contributed by atoms with Gasteiger partial charge in [-0.25, -0.2) is 8.42 Å². The van der Waals surface area contributed by atoms with Crippen molar-refractivity contribution in [3.05, 3.63) is 35.9 Å². The van der Waals surface area contributed by atoms with Gasteiger partial charge in [-0.05, 0) is 31.2 Å². The van der Waals surface area contributed by atoms with E-state index >= 15 is 0 Å². The number of sulfonamides is 1. The molecule has 0 radical (unpaired) electrons. The van der Waals surface area contributed by atoms with Crippen molar-refractivity contribution in [3.63, 3.8) is 0 Å². The average molecular weight is 412 g/mol. The molecule has 1 aromatic carbocycles. The fraction of sp³-hybridized carbons (Fsp3) is 0.562. The van der Waals surface area contributed by atoms with Gasteiger partial charge in [-0.15, -0.1) is 12.4 Å². The van der Waals surface area contributed by atoms with E-state index in [1.165, 1.54) is 0 Å². The minimum atomic E-state index is -4.52. The molecule has 1 saturated heterocycles. The van der Waals surface area contributed by atoms with Crippen LogP contribution in [0.3, 0.4) is 0 Å². The highest BCUT2D eigenvalue weighted by atomic mass is 35.5. The summed E-state index contributed by atoms with van der Waals surface area (Å²) in [7, 11) is -4.52. The summed E-state index contributed by atoms with van der Waals surface area (Å²) in [4.78, 5) is 12.4. The van der Waals surface area contributed by atoms with Crippen molar-refractivity contribution < 1.29 is 22.0 Å². The lowest BCUT2D eigenvalue weighted by Gasteiger charge is -2.32. The zero-order valence-electron chi connectivity index (χ0n) is 14.4. The Labute approximate surface area is 158 Å². The van der Waals surface area contributed by atoms with E-state index in [-0.39, 0.29) is 37.3 Å². The highest BCUT2D eigenvalue weighted by Gasteiger charge is 2.35. The molecule has 1 aromatic rings. The van der Waals surface area contributed by atoms with Gasteiger partial charge >= 0.3 is 5.76 Å². The standard InChI is InChI=1S/C16H23F2N3O3S.ClH/c1-16(19,13-5-3-2-4-6-13)14(22)20-11-12-7-9-21(10-8-12)25(23,24)15(17)18;/h2-6,12,15H,7-11,19H2,1H3,(H,20,22);1H. The van der Waals surface area contributed by atoms with Crippen molar-refractivity contribution >= 4 is 28.3 Å². The van der Waals surface area contributed by atoms with Gasteiger partial charge in [-0.3, -0.25) is 4.79 Å². The van der Waals surface area contributed by atoms with Gasteiger partial charge in [0.15, 0.2) is 0 Å². The van der Waals surface area contributed by atoms with Crippen LogP contribution < -0.4 is 11.1 Å². The van der Waals surface area contributed by atoms with Gasteiger partial charge in [0.05, 0.1) is 0 Å². The van der Waals surface area contributed by atoms with Crippen molar-refractivity contribution in [1.82, 2.24) is 9.62 Å². The smallest absolute Gasteiger partial charge is 0.350 e. The van der Waals surface area contributed by atoms with Crippen molar-refractivity contribution in [2.45, 2.75) is 31.1 Å². The lowest BCUT2D eigenvalue weighted by molar-refractivity contribution is -0.126. The summed E-state index contributed by atoms with van der Waals surface area (Å²) in [5.74, 6) is -3.70. The number of amides is 1. The molecule has 1 atom stereocenters. The molecule has 26 heavy (non-hydrogen) atoms. The van der Waals surface area contributed by atoms with Crippen LogP contribution in [0.1, 0.15) is 25.3 Å². The van der Waals surface area contributed by atoms with Gasteiger partial charge in [-0.2, -0.15) is 13.1 Å². The van der Waals surface area contributed by atoms with E-state index in [1.807, 2.05) is 6.07 Å². The molecule has 1 heterocycles. The van der Waals surface area contributed by atoms with Crippen LogP contribution in [-0.4, -0.2) is 44.0 Å². The molecule has 148 valence electrons. The number of hydrogen-bond donors (Lipinski definition) is 2. The molecular formula is C16H24ClF2N3O3S. The number of nitrogens with one attached hydrogen (secondary N) is 1. The highest BCUT2D eigenvalue weighted by molar-refractivity contribution is 7.89. The molecule has 2 rings (SSSR count). The number of carbonyl (C=O) groups is 1. The molecule has 0 aromatic heterocycles. The molecule has 10 heteroatoms. The molecular weight excluding hydrogens is 388 g/mol. The fourth-order valence-electron chi connectivity index (χ4n) is 2.82. The van der Waals surface area contributed by atoms with Crippen molar-refractivity contribution in [2.75, 3.05) is 19.6 Å². The first-order valence-electron chi connectivity index (χ1n) is 8.05. The molecule has 0 bridgehead atoms. The van der Waals surface area contributed by atoms with Crippen LogP contribution in [0.4, 0.5) is 8.78 Å². The zero-order chi connectivity index (χ0) is 18.7. The van der Waals surface area contributed by atoms with E-state index in [1.54, 1.807) is 31.2 Å². The van der Waals surface area contributed by atoms with Crippen molar-refractivity contribution in [3.8, 4) is 0 Å². The van der Waals surface area contributed by atoms with E-state index < -0.39 is 21.3 Å². The third-order valence-electron chi connectivity index (χ3n) is 4.55. The second kappa shape index (κ2) is 9.07. The largest absolute Gasteiger partial charge is 0.354 e. The molecule has 6 nitrogen and oxygen atoms in total. The Hall–Kier alpha value is -1.29. The molecule has 0 saturated carbocycles. The second-order valence-corrected chi connectivity index (χ2v) is 8.33. The SMILES string of the molecule is CC(N)(C(=O)NCC1CCN(S(=O)(=O)C(F)F)CC1)c1ccccc1.Cl. The van der Waals surface area contributed by atoms with Crippen LogP contribution in [0.5, 0.6) is 0 Å². The van der Waals surface area contributed by atoms with Crippen LogP contribution in [0.15, 0.2) is 30.3 Å². The first-order chi connectivity index (χ1) is 11.7. The number of nitrogens with zero attached hydrogens (tertiary/aromatic N) is 1. The Morgan fingerprint density at radius 2 is 1.85 bits per heavy atom. The average Bonchev–Trinajstić information content (AvgIpc) is 2.60. The number of rotatable bonds is 6. The van der Waals surface area contributed by atoms with E-state index in [0.717, 1.165) is 4.31 Å². The Morgan fingerprint density at radius 3 is 2.35 bits per heavy atom. The number of nitrogens with two attached hydrogens (primary N) is 1. The summed E-state index contributed by atoms with van der Waals surface area (Å²) in [6.07, 6.45) is 0.831. The van der Waals surface area contributed by atoms with Gasteiger partial charge in [-0.1, -0.05) is 30.3 Å². The van der Waals surface area contributed by atoms with Gasteiger partial charge in [0.25, 0.3) is 10.0 Å². The van der Waals surface area contributed by atoms with Crippen LogP contribution in [0.25, 0.3) is 0 Å². The van der Waals surface area contributed by atoms with Gasteiger partial charge < -0.3 is 11.1 Å². The van der Waals surface area contributed by atoms with Crippen molar-refractivity contribution in [1.29, 1.82) is 0 Å². The van der Waals surface area contributed by atoms with Gasteiger partial charge in [0.2, 0.25) is 5.91 Å². The summed E-state index contributed by atoms with van der Waals surface area (Å²) in [5, 5.41) is 2.79. The molecule has 1 aliphatic rings. The minimum Gasteiger partial charge on any atom is -0.354 e. The summed E-state index contributed by atoms with van der Waals surface area (Å²) in [6, 6.07) is 8.97. The molecule has 0 spiro atoms. The minimum absolute atomic E-state index is 0. The molecule has 3 N–H and O–H groups in total. The zero-order valence-corrected chi connectivity index (χ0v) is 16.0. The predicted molar refractivity (Wildman–Crippen MR) is 97.5 cm³/mol. The van der Waals surface area contributed by atoms with Crippen LogP contribution in [0.2, 0.25) is 0 Å². The van der Waals surface area contributed by atoms with Crippen LogP contribution in [0, 0.1) is 5.92 Å². The number of benzene rings is 1. The Kier molecular flexibility index (Phi) is 7.94. The quantitative estimate of drug-likeness (QED) is 0.744. The topological polar surface area (TPSA) is 92.5 Å². The fourth-order valence-corrected chi connectivity index (χ4v) is 3.76. The summed E-state index contributed by atoms with van der Waals surface area (Å²) < 4.78 is 48.8. The van der Waals surface area contributed by atoms with Crippen LogP contribution in [-0.2, 0) is 20.4 Å². The summed E-state index contributed by atoms with van der Waals surface area (Å²) >= 11 is 0. The normalized spacial score (nSPS) is 18.8. The lowest BCUT2D eigenvalue weighted by atomic mass is 9.91. The molecule has 0 aliphatic carbocycles. The second-order valence-electron chi connectivity index (χ2n) is 6.43. The lowest BCUT2D eigenvalue weighted by Crippen LogP contribution is -2.51. The molecule has 1 unspecified atom stereocenters. The van der Waals surface area contributed by atoms with E-state index in [2.05, 4.69) is 5.32 Å². The first kappa shape index (κ1) is 22.8. The van der Waals surface area contributed by atoms with E-state index in [4.69, 9.17) is 5.73 Å². The number of carbonyl (C=O) groups excluding carboxylic acids is 1. The number of alkyl halides is 2. The predicted octanol–water partition coefficient (Wildman–Crippen LogP) is 1.66. The monoisotopic (exact) mass is 411 g/mol.